The Labute approximate surface area is 237 Å². The molecular weight excluding hydrogens is 578 g/mol. The molecule has 0 atom stereocenters. The molecule has 0 radical (unpaired) electrons. The highest BCUT2D eigenvalue weighted by Gasteiger charge is 2.26. The van der Waals surface area contributed by atoms with Crippen molar-refractivity contribution < 1.29 is 17.9 Å². The number of carbonyl (C=O) groups excluding carboxylic acids is 1. The molecule has 0 saturated heterocycles. The molecule has 1 N–H and O–H groups in total. The fourth-order valence-electron chi connectivity index (χ4n) is 3.76. The zero-order chi connectivity index (χ0) is 27.5. The first-order chi connectivity index (χ1) is 18.9. The maximum Gasteiger partial charge on any atom is 0.255 e. The number of sulfonamides is 1. The molecule has 9 heteroatoms. The second-order valence-electron chi connectivity index (χ2n) is 8.63. The van der Waals surface area contributed by atoms with E-state index in [-0.39, 0.29) is 18.0 Å². The van der Waals surface area contributed by atoms with E-state index < -0.39 is 15.9 Å². The van der Waals surface area contributed by atoms with E-state index in [9.17, 15) is 13.2 Å². The molecule has 0 spiro atoms. The summed E-state index contributed by atoms with van der Waals surface area (Å²) in [6.07, 6.45) is 1.94. The molecule has 200 valence electrons. The molecule has 0 fully saturated rings. The van der Waals surface area contributed by atoms with Gasteiger partial charge in [0.05, 0.1) is 17.7 Å². The van der Waals surface area contributed by atoms with Gasteiger partial charge in [0.25, 0.3) is 5.91 Å². The lowest BCUT2D eigenvalue weighted by Gasteiger charge is -2.21. The van der Waals surface area contributed by atoms with Crippen LogP contribution in [-0.2, 0) is 27.8 Å². The van der Waals surface area contributed by atoms with Gasteiger partial charge < -0.3 is 4.74 Å². The van der Waals surface area contributed by atoms with Gasteiger partial charge in [-0.2, -0.15) is 9.41 Å². The van der Waals surface area contributed by atoms with Crippen LogP contribution in [0.3, 0.4) is 0 Å². The lowest BCUT2D eigenvalue weighted by atomic mass is 10.1. The molecule has 4 aromatic carbocycles. The van der Waals surface area contributed by atoms with Gasteiger partial charge in [0.15, 0.2) is 0 Å². The largest absolute Gasteiger partial charge is 0.488 e. The Hall–Kier alpha value is -3.79. The predicted octanol–water partition coefficient (Wildman–Crippen LogP) is 5.41. The highest BCUT2D eigenvalue weighted by molar-refractivity contribution is 9.10. The summed E-state index contributed by atoms with van der Waals surface area (Å²) in [6, 6.07) is 33.0. The highest BCUT2D eigenvalue weighted by atomic mass is 79.9. The van der Waals surface area contributed by atoms with E-state index in [4.69, 9.17) is 4.74 Å². The average Bonchev–Trinajstić information content (AvgIpc) is 2.96. The molecule has 0 heterocycles. The number of amides is 1. The van der Waals surface area contributed by atoms with E-state index >= 15 is 0 Å². The van der Waals surface area contributed by atoms with E-state index in [1.807, 2.05) is 84.9 Å². The quantitative estimate of drug-likeness (QED) is 0.173. The first-order valence-electron chi connectivity index (χ1n) is 12.3. The van der Waals surface area contributed by atoms with E-state index in [0.29, 0.717) is 24.3 Å². The summed E-state index contributed by atoms with van der Waals surface area (Å²) in [7, 11) is -3.92. The van der Waals surface area contributed by atoms with E-state index in [0.717, 1.165) is 15.6 Å². The lowest BCUT2D eigenvalue weighted by molar-refractivity contribution is -0.121. The first-order valence-corrected chi connectivity index (χ1v) is 14.5. The molecule has 0 aliphatic heterocycles. The van der Waals surface area contributed by atoms with Crippen molar-refractivity contribution in [2.45, 2.75) is 17.9 Å². The van der Waals surface area contributed by atoms with Crippen LogP contribution in [0, 0.1) is 0 Å². The minimum Gasteiger partial charge on any atom is -0.488 e. The van der Waals surface area contributed by atoms with Crippen LogP contribution in [0.4, 0.5) is 0 Å². The number of hydrogen-bond donors (Lipinski definition) is 1. The maximum absolute atomic E-state index is 13.4. The molecule has 39 heavy (non-hydrogen) atoms. The molecule has 0 bridgehead atoms. The molecule has 0 saturated carbocycles. The number of para-hydroxylation sites is 1. The summed E-state index contributed by atoms with van der Waals surface area (Å²) in [5.41, 5.74) is 5.13. The van der Waals surface area contributed by atoms with Crippen molar-refractivity contribution in [3.8, 4) is 5.75 Å². The smallest absolute Gasteiger partial charge is 0.255 e. The third-order valence-corrected chi connectivity index (χ3v) is 8.20. The van der Waals surface area contributed by atoms with Crippen molar-refractivity contribution in [1.29, 1.82) is 0 Å². The molecule has 7 nitrogen and oxygen atoms in total. The van der Waals surface area contributed by atoms with Crippen molar-refractivity contribution in [3.63, 3.8) is 0 Å². The summed E-state index contributed by atoms with van der Waals surface area (Å²) >= 11 is 3.33. The van der Waals surface area contributed by atoms with Gasteiger partial charge in [-0.15, -0.1) is 0 Å². The SMILES string of the molecule is O=C(CN(CCc1ccccc1)S(=O)(=O)c1ccc(Br)cc1)N/N=C\c1ccccc1OCc1ccccc1. The van der Waals surface area contributed by atoms with Gasteiger partial charge in [0, 0.05) is 16.6 Å². The van der Waals surface area contributed by atoms with Gasteiger partial charge in [-0.25, -0.2) is 13.8 Å². The standard InChI is InChI=1S/C30H28BrN3O4S/c31-27-15-17-28(18-16-27)39(36,37)34(20-19-24-9-3-1-4-10-24)22-30(35)33-32-21-26-13-7-8-14-29(26)38-23-25-11-5-2-6-12-25/h1-18,21H,19-20,22-23H2,(H,33,35)/b32-21-. The molecule has 0 unspecified atom stereocenters. The number of carbonyl (C=O) groups is 1. The Kier molecular flexibility index (Phi) is 10.0. The summed E-state index contributed by atoms with van der Waals surface area (Å²) < 4.78 is 34.7. The summed E-state index contributed by atoms with van der Waals surface area (Å²) in [4.78, 5) is 12.9. The van der Waals surface area contributed by atoms with Crippen LogP contribution >= 0.6 is 15.9 Å². The third kappa shape index (κ3) is 8.35. The predicted molar refractivity (Wildman–Crippen MR) is 156 cm³/mol. The zero-order valence-corrected chi connectivity index (χ0v) is 23.5. The maximum atomic E-state index is 13.4. The summed E-state index contributed by atoms with van der Waals surface area (Å²) in [6.45, 7) is 0.146. The zero-order valence-electron chi connectivity index (χ0n) is 21.1. The first kappa shape index (κ1) is 28.2. The number of nitrogens with one attached hydrogen (secondary N) is 1. The molecule has 0 aromatic heterocycles. The molecule has 1 amide bonds. The van der Waals surface area contributed by atoms with Crippen LogP contribution in [0.1, 0.15) is 16.7 Å². The molecular formula is C30H28BrN3O4S. The normalized spacial score (nSPS) is 11.5. The van der Waals surface area contributed by atoms with Gasteiger partial charge in [-0.05, 0) is 53.9 Å². The van der Waals surface area contributed by atoms with Crippen LogP contribution in [0.15, 0.2) is 124 Å². The Morgan fingerprint density at radius 2 is 1.46 bits per heavy atom. The minimum atomic E-state index is -3.92. The molecule has 4 rings (SSSR count). The lowest BCUT2D eigenvalue weighted by Crippen LogP contribution is -2.40. The summed E-state index contributed by atoms with van der Waals surface area (Å²) in [5.74, 6) is 0.0596. The molecule has 0 aliphatic rings. The minimum absolute atomic E-state index is 0.111. The number of ether oxygens (including phenoxy) is 1. The van der Waals surface area contributed by atoms with Gasteiger partial charge in [0.2, 0.25) is 10.0 Å². The molecule has 4 aromatic rings. The number of halogens is 1. The van der Waals surface area contributed by atoms with Gasteiger partial charge in [-0.3, -0.25) is 4.79 Å². The van der Waals surface area contributed by atoms with Crippen molar-refractivity contribution >= 4 is 38.1 Å². The van der Waals surface area contributed by atoms with Crippen LogP contribution in [0.5, 0.6) is 5.75 Å². The number of hydrogen-bond acceptors (Lipinski definition) is 5. The van der Waals surface area contributed by atoms with Crippen molar-refractivity contribution in [1.82, 2.24) is 9.73 Å². The van der Waals surface area contributed by atoms with Crippen molar-refractivity contribution in [2.75, 3.05) is 13.1 Å². The van der Waals surface area contributed by atoms with Crippen LogP contribution in [0.25, 0.3) is 0 Å². The summed E-state index contributed by atoms with van der Waals surface area (Å²) in [5, 5.41) is 4.06. The van der Waals surface area contributed by atoms with Crippen LogP contribution < -0.4 is 10.2 Å². The Morgan fingerprint density at radius 1 is 0.846 bits per heavy atom. The number of hydrazone groups is 1. The van der Waals surface area contributed by atoms with Gasteiger partial charge in [-0.1, -0.05) is 88.7 Å². The highest BCUT2D eigenvalue weighted by Crippen LogP contribution is 2.20. The fourth-order valence-corrected chi connectivity index (χ4v) is 5.42. The number of nitrogens with zero attached hydrogens (tertiary/aromatic N) is 2. The Bertz CT molecular complexity index is 1500. The Morgan fingerprint density at radius 3 is 2.15 bits per heavy atom. The number of benzene rings is 4. The van der Waals surface area contributed by atoms with Crippen molar-refractivity contribution in [3.05, 3.63) is 130 Å². The van der Waals surface area contributed by atoms with Gasteiger partial charge in [0.1, 0.15) is 12.4 Å². The van der Waals surface area contributed by atoms with Crippen LogP contribution in [0.2, 0.25) is 0 Å². The number of rotatable bonds is 12. The molecule has 0 aliphatic carbocycles. The van der Waals surface area contributed by atoms with E-state index in [2.05, 4.69) is 26.5 Å². The average molecular weight is 607 g/mol. The van der Waals surface area contributed by atoms with Crippen LogP contribution in [-0.4, -0.2) is 37.9 Å². The Balaban J connectivity index is 1.43. The third-order valence-electron chi connectivity index (χ3n) is 5.81. The van der Waals surface area contributed by atoms with E-state index in [1.165, 1.54) is 22.7 Å². The van der Waals surface area contributed by atoms with Gasteiger partial charge >= 0.3 is 0 Å². The topological polar surface area (TPSA) is 88.1 Å². The second kappa shape index (κ2) is 13.8. The van der Waals surface area contributed by atoms with E-state index in [1.54, 1.807) is 12.1 Å². The second-order valence-corrected chi connectivity index (χ2v) is 11.5. The fraction of sp³-hybridized carbons (Fsp3) is 0.133. The van der Waals surface area contributed by atoms with Crippen molar-refractivity contribution in [2.24, 2.45) is 5.10 Å². The monoisotopic (exact) mass is 605 g/mol.